The minimum atomic E-state index is -5.51. The average molecular weight is 486 g/mol. The van der Waals surface area contributed by atoms with Crippen LogP contribution in [0.3, 0.4) is 0 Å². The van der Waals surface area contributed by atoms with Crippen molar-refractivity contribution in [1.82, 2.24) is 5.16 Å². The summed E-state index contributed by atoms with van der Waals surface area (Å²) >= 11 is 0. The van der Waals surface area contributed by atoms with Crippen LogP contribution in [0.25, 0.3) is 10.8 Å². The number of anilines is 1. The number of amides is 1. The monoisotopic (exact) mass is 486 g/mol. The first-order valence-electron chi connectivity index (χ1n) is 9.93. The zero-order valence-corrected chi connectivity index (χ0v) is 17.4. The number of aliphatic hydroxyl groups is 1. The lowest BCUT2D eigenvalue weighted by Gasteiger charge is -2.33. The van der Waals surface area contributed by atoms with E-state index in [0.29, 0.717) is 6.07 Å². The lowest BCUT2D eigenvalue weighted by atomic mass is 9.81. The van der Waals surface area contributed by atoms with Crippen LogP contribution in [-0.4, -0.2) is 27.9 Å². The van der Waals surface area contributed by atoms with Gasteiger partial charge in [0.2, 0.25) is 5.60 Å². The lowest BCUT2D eigenvalue weighted by Crippen LogP contribution is -2.56. The number of alkyl halides is 3. The minimum absolute atomic E-state index is 0.0668. The van der Waals surface area contributed by atoms with Gasteiger partial charge in [0.15, 0.2) is 11.6 Å². The van der Waals surface area contributed by atoms with Crippen LogP contribution < -0.4 is 10.9 Å². The second kappa shape index (κ2) is 7.83. The molecule has 1 saturated carbocycles. The van der Waals surface area contributed by atoms with Gasteiger partial charge in [-0.05, 0) is 44.0 Å². The predicted octanol–water partition coefficient (Wildman–Crippen LogP) is 4.27. The van der Waals surface area contributed by atoms with E-state index in [4.69, 9.17) is 0 Å². The summed E-state index contributed by atoms with van der Waals surface area (Å²) in [4.78, 5) is 24.4. The van der Waals surface area contributed by atoms with E-state index in [9.17, 15) is 41.0 Å². The van der Waals surface area contributed by atoms with Crippen LogP contribution in [0.2, 0.25) is 0 Å². The molecule has 1 aliphatic carbocycles. The average Bonchev–Trinajstić information content (AvgIpc) is 3.52. The number of hydrogen-bond donors (Lipinski definition) is 2. The fourth-order valence-electron chi connectivity index (χ4n) is 3.98. The van der Waals surface area contributed by atoms with E-state index in [2.05, 4.69) is 9.68 Å². The van der Waals surface area contributed by atoms with Gasteiger partial charge in [-0.2, -0.15) is 13.2 Å². The van der Waals surface area contributed by atoms with E-state index in [0.717, 1.165) is 6.07 Å². The van der Waals surface area contributed by atoms with E-state index < -0.39 is 58.2 Å². The number of carbonyl (C=O) groups is 1. The molecule has 0 radical (unpaired) electrons. The van der Waals surface area contributed by atoms with E-state index in [1.165, 1.54) is 19.1 Å². The van der Waals surface area contributed by atoms with Gasteiger partial charge >= 0.3 is 11.8 Å². The number of rotatable bonds is 5. The molecule has 1 unspecified atom stereocenters. The summed E-state index contributed by atoms with van der Waals surface area (Å²) in [6, 6.07) is 4.31. The molecule has 0 aliphatic heterocycles. The summed E-state index contributed by atoms with van der Waals surface area (Å²) in [5.41, 5.74) is -7.26. The molecular weight excluding hydrogens is 470 g/mol. The van der Waals surface area contributed by atoms with Crippen LogP contribution in [0.15, 0.2) is 39.6 Å². The van der Waals surface area contributed by atoms with Crippen molar-refractivity contribution < 1.29 is 40.8 Å². The molecule has 6 nitrogen and oxygen atoms in total. The van der Waals surface area contributed by atoms with Crippen LogP contribution in [-0.2, 0) is 10.2 Å². The highest BCUT2D eigenvalue weighted by molar-refractivity contribution is 6.00. The highest BCUT2D eigenvalue weighted by Crippen LogP contribution is 2.56. The Bertz CT molecular complexity index is 1370. The molecular formula is C22H16F6N2O4. The Morgan fingerprint density at radius 2 is 1.82 bits per heavy atom. The second-order valence-corrected chi connectivity index (χ2v) is 8.33. The molecule has 12 heteroatoms. The van der Waals surface area contributed by atoms with Gasteiger partial charge in [-0.1, -0.05) is 5.16 Å². The molecule has 180 valence electrons. The second-order valence-electron chi connectivity index (χ2n) is 8.33. The lowest BCUT2D eigenvalue weighted by molar-refractivity contribution is -0.253. The zero-order chi connectivity index (χ0) is 25.1. The normalized spacial score (nSPS) is 16.8. The molecule has 0 bridgehead atoms. The minimum Gasteiger partial charge on any atom is -0.373 e. The molecule has 4 rings (SSSR count). The van der Waals surface area contributed by atoms with E-state index in [-0.39, 0.29) is 41.1 Å². The van der Waals surface area contributed by atoms with Gasteiger partial charge in [-0.15, -0.1) is 0 Å². The first-order chi connectivity index (χ1) is 15.8. The largest absolute Gasteiger partial charge is 0.426 e. The zero-order valence-electron chi connectivity index (χ0n) is 17.4. The van der Waals surface area contributed by atoms with Crippen LogP contribution in [0.5, 0.6) is 0 Å². The smallest absolute Gasteiger partial charge is 0.373 e. The van der Waals surface area contributed by atoms with E-state index in [1.54, 1.807) is 0 Å². The van der Waals surface area contributed by atoms with Crippen molar-refractivity contribution in [3.05, 3.63) is 69.5 Å². The molecule has 1 heterocycles. The quantitative estimate of drug-likeness (QED) is 0.415. The highest BCUT2D eigenvalue weighted by atomic mass is 19.4. The summed E-state index contributed by atoms with van der Waals surface area (Å²) in [5, 5.41) is 16.3. The van der Waals surface area contributed by atoms with Crippen LogP contribution in [0.1, 0.15) is 30.5 Å². The number of carbonyl (C=O) groups excluding carboxylic acids is 1. The summed E-state index contributed by atoms with van der Waals surface area (Å²) in [7, 11) is 0. The van der Waals surface area contributed by atoms with Crippen LogP contribution in [0, 0.1) is 24.4 Å². The molecule has 3 aromatic rings. The SMILES string of the molecule is Cc1noc(=O)c2ccc(NC(=O)C(O)(CC3(c4cc(F)cc(F)c4F)CC3)C(F)(F)F)cc12. The summed E-state index contributed by atoms with van der Waals surface area (Å²) in [6.07, 6.45) is -7.12. The number of fused-ring (bicyclic) bond motifs is 1. The van der Waals surface area contributed by atoms with Crippen molar-refractivity contribution in [2.45, 2.75) is 43.4 Å². The molecule has 2 aromatic carbocycles. The van der Waals surface area contributed by atoms with Crippen molar-refractivity contribution in [3.63, 3.8) is 0 Å². The Morgan fingerprint density at radius 3 is 2.44 bits per heavy atom. The Kier molecular flexibility index (Phi) is 5.46. The topological polar surface area (TPSA) is 92.4 Å². The van der Waals surface area contributed by atoms with Crippen molar-refractivity contribution in [2.75, 3.05) is 5.32 Å². The summed E-state index contributed by atoms with van der Waals surface area (Å²) in [5.74, 6) is -6.22. The molecule has 1 aromatic heterocycles. The molecule has 1 aliphatic rings. The third kappa shape index (κ3) is 3.91. The van der Waals surface area contributed by atoms with E-state index in [1.807, 2.05) is 5.32 Å². The third-order valence-corrected chi connectivity index (χ3v) is 6.01. The van der Waals surface area contributed by atoms with Crippen molar-refractivity contribution >= 4 is 22.4 Å². The number of nitrogens with zero attached hydrogens (tertiary/aromatic N) is 1. The fraction of sp³-hybridized carbons (Fsp3) is 0.318. The number of halogens is 6. The van der Waals surface area contributed by atoms with Gasteiger partial charge < -0.3 is 14.9 Å². The molecule has 0 saturated heterocycles. The van der Waals surface area contributed by atoms with Gasteiger partial charge in [-0.25, -0.2) is 18.0 Å². The molecule has 1 fully saturated rings. The molecule has 2 N–H and O–H groups in total. The van der Waals surface area contributed by atoms with Gasteiger partial charge in [0.05, 0.1) is 11.1 Å². The Hall–Kier alpha value is -3.41. The standard InChI is InChI=1S/C22H16F6N2O4/c1-10-14-8-12(2-3-13(14)18(31)34-30-10)29-19(32)21(33,22(26,27)28)9-20(4-5-20)15-6-11(23)7-16(24)17(15)25/h2-3,6-8,33H,4-5,9H2,1H3,(H,29,32). The van der Waals surface area contributed by atoms with Gasteiger partial charge in [-0.3, -0.25) is 4.79 Å². The number of aromatic nitrogens is 1. The third-order valence-electron chi connectivity index (χ3n) is 6.01. The molecule has 1 amide bonds. The number of aryl methyl sites for hydroxylation is 1. The first-order valence-corrected chi connectivity index (χ1v) is 9.93. The number of nitrogens with one attached hydrogen (secondary N) is 1. The maximum absolute atomic E-state index is 14.3. The van der Waals surface area contributed by atoms with Crippen molar-refractivity contribution in [3.8, 4) is 0 Å². The summed E-state index contributed by atoms with van der Waals surface area (Å²) < 4.78 is 88.0. The van der Waals surface area contributed by atoms with Gasteiger partial charge in [0.25, 0.3) is 5.91 Å². The highest BCUT2D eigenvalue weighted by Gasteiger charge is 2.65. The Labute approximate surface area is 187 Å². The maximum Gasteiger partial charge on any atom is 0.426 e. The van der Waals surface area contributed by atoms with Crippen molar-refractivity contribution in [2.24, 2.45) is 0 Å². The Balaban J connectivity index is 1.70. The summed E-state index contributed by atoms with van der Waals surface area (Å²) in [6.45, 7) is 1.46. The predicted molar refractivity (Wildman–Crippen MR) is 106 cm³/mol. The fourth-order valence-corrected chi connectivity index (χ4v) is 3.98. The first kappa shape index (κ1) is 23.7. The molecule has 1 atom stereocenters. The molecule has 34 heavy (non-hydrogen) atoms. The van der Waals surface area contributed by atoms with Crippen LogP contribution >= 0.6 is 0 Å². The number of benzene rings is 2. The van der Waals surface area contributed by atoms with Crippen molar-refractivity contribution in [1.29, 1.82) is 0 Å². The van der Waals surface area contributed by atoms with E-state index >= 15 is 0 Å². The van der Waals surface area contributed by atoms with Gasteiger partial charge in [0, 0.05) is 34.5 Å². The van der Waals surface area contributed by atoms with Crippen LogP contribution in [0.4, 0.5) is 32.0 Å². The Morgan fingerprint density at radius 1 is 1.15 bits per heavy atom. The number of hydrogen-bond acceptors (Lipinski definition) is 5. The van der Waals surface area contributed by atoms with Gasteiger partial charge in [0.1, 0.15) is 5.82 Å². The maximum atomic E-state index is 14.3. The molecule has 0 spiro atoms.